The van der Waals surface area contributed by atoms with Crippen LogP contribution in [0.4, 0.5) is 0 Å². The summed E-state index contributed by atoms with van der Waals surface area (Å²) in [5.74, 6) is -0.0488. The minimum atomic E-state index is -0.276. The van der Waals surface area contributed by atoms with Crippen LogP contribution in [0.2, 0.25) is 0 Å². The molecule has 0 spiro atoms. The molecule has 2 amide bonds. The van der Waals surface area contributed by atoms with Crippen molar-refractivity contribution < 1.29 is 9.59 Å². The fourth-order valence-electron chi connectivity index (χ4n) is 2.19. The van der Waals surface area contributed by atoms with Gasteiger partial charge in [0.15, 0.2) is 0 Å². The molecule has 1 unspecified atom stereocenters. The van der Waals surface area contributed by atoms with Gasteiger partial charge in [0.1, 0.15) is 0 Å². The molecule has 1 aromatic rings. The van der Waals surface area contributed by atoms with Gasteiger partial charge in [-0.3, -0.25) is 14.5 Å². The van der Waals surface area contributed by atoms with Gasteiger partial charge in [0, 0.05) is 13.0 Å². The quantitative estimate of drug-likeness (QED) is 0.748. The van der Waals surface area contributed by atoms with Crippen LogP contribution in [0.1, 0.15) is 31.7 Å². The van der Waals surface area contributed by atoms with Crippen molar-refractivity contribution >= 4 is 11.8 Å². The Morgan fingerprint density at radius 1 is 1.24 bits per heavy atom. The third-order valence-corrected chi connectivity index (χ3v) is 2.99. The molecule has 0 saturated carbocycles. The van der Waals surface area contributed by atoms with E-state index >= 15 is 0 Å². The summed E-state index contributed by atoms with van der Waals surface area (Å²) in [5.41, 5.74) is 0.942. The summed E-state index contributed by atoms with van der Waals surface area (Å²) in [7, 11) is 0. The van der Waals surface area contributed by atoms with Crippen LogP contribution in [0.15, 0.2) is 30.3 Å². The van der Waals surface area contributed by atoms with E-state index in [2.05, 4.69) is 0 Å². The predicted molar refractivity (Wildman–Crippen MR) is 65.4 cm³/mol. The first-order valence-electron chi connectivity index (χ1n) is 5.98. The molecular weight excluding hydrogens is 214 g/mol. The second-order valence-electron chi connectivity index (χ2n) is 4.90. The molecule has 1 aliphatic rings. The van der Waals surface area contributed by atoms with Crippen molar-refractivity contribution in [3.63, 3.8) is 0 Å². The van der Waals surface area contributed by atoms with E-state index < -0.39 is 0 Å². The minimum Gasteiger partial charge on any atom is -0.282 e. The Kier molecular flexibility index (Phi) is 3.27. The molecule has 0 aromatic heterocycles. The first-order valence-corrected chi connectivity index (χ1v) is 5.98. The van der Waals surface area contributed by atoms with E-state index in [0.29, 0.717) is 18.9 Å². The number of rotatable bonds is 3. The van der Waals surface area contributed by atoms with Gasteiger partial charge in [0.25, 0.3) is 0 Å². The standard InChI is InChI=1S/C14H17NO2/c1-10(2)9-15-13(16)8-12(14(15)17)11-6-4-3-5-7-11/h3-7,10,12H,8-9H2,1-2H3. The first kappa shape index (κ1) is 11.8. The van der Waals surface area contributed by atoms with E-state index in [-0.39, 0.29) is 17.7 Å². The van der Waals surface area contributed by atoms with E-state index in [1.807, 2.05) is 44.2 Å². The lowest BCUT2D eigenvalue weighted by Crippen LogP contribution is -2.33. The lowest BCUT2D eigenvalue weighted by molar-refractivity contribution is -0.139. The number of carbonyl (C=O) groups excluding carboxylic acids is 2. The summed E-state index contributed by atoms with van der Waals surface area (Å²) in [6.07, 6.45) is 0.315. The van der Waals surface area contributed by atoms with Gasteiger partial charge in [-0.15, -0.1) is 0 Å². The van der Waals surface area contributed by atoms with E-state index in [9.17, 15) is 9.59 Å². The fourth-order valence-corrected chi connectivity index (χ4v) is 2.19. The average Bonchev–Trinajstić information content (AvgIpc) is 2.58. The van der Waals surface area contributed by atoms with Gasteiger partial charge in [-0.1, -0.05) is 44.2 Å². The summed E-state index contributed by atoms with van der Waals surface area (Å²) in [6.45, 7) is 4.55. The number of imide groups is 1. The fraction of sp³-hybridized carbons (Fsp3) is 0.429. The Balaban J connectivity index is 2.19. The van der Waals surface area contributed by atoms with Crippen LogP contribution in [0.3, 0.4) is 0 Å². The van der Waals surface area contributed by atoms with Crippen LogP contribution in [-0.2, 0) is 9.59 Å². The summed E-state index contributed by atoms with van der Waals surface area (Å²) in [5, 5.41) is 0. The van der Waals surface area contributed by atoms with E-state index in [4.69, 9.17) is 0 Å². The maximum absolute atomic E-state index is 12.2. The Morgan fingerprint density at radius 2 is 1.88 bits per heavy atom. The highest BCUT2D eigenvalue weighted by molar-refractivity contribution is 6.06. The SMILES string of the molecule is CC(C)CN1C(=O)CC(c2ccccc2)C1=O. The zero-order valence-electron chi connectivity index (χ0n) is 10.2. The molecule has 1 heterocycles. The topological polar surface area (TPSA) is 37.4 Å². The maximum Gasteiger partial charge on any atom is 0.237 e. The average molecular weight is 231 g/mol. The largest absolute Gasteiger partial charge is 0.282 e. The number of amides is 2. The Bertz CT molecular complexity index is 425. The molecule has 0 radical (unpaired) electrons. The van der Waals surface area contributed by atoms with E-state index in [1.54, 1.807) is 0 Å². The molecule has 17 heavy (non-hydrogen) atoms. The van der Waals surface area contributed by atoms with E-state index in [1.165, 1.54) is 4.90 Å². The first-order chi connectivity index (χ1) is 8.09. The predicted octanol–water partition coefficient (Wildman–Crippen LogP) is 2.19. The Hall–Kier alpha value is -1.64. The number of nitrogens with zero attached hydrogens (tertiary/aromatic N) is 1. The Labute approximate surface area is 101 Å². The van der Waals surface area contributed by atoms with Crippen molar-refractivity contribution in [2.24, 2.45) is 5.92 Å². The Morgan fingerprint density at radius 3 is 2.47 bits per heavy atom. The molecule has 1 fully saturated rings. The third kappa shape index (κ3) is 2.38. The van der Waals surface area contributed by atoms with Crippen LogP contribution >= 0.6 is 0 Å². The molecule has 0 bridgehead atoms. The van der Waals surface area contributed by atoms with Crippen molar-refractivity contribution in [3.8, 4) is 0 Å². The van der Waals surface area contributed by atoms with Crippen molar-refractivity contribution in [3.05, 3.63) is 35.9 Å². The zero-order chi connectivity index (χ0) is 12.4. The van der Waals surface area contributed by atoms with Gasteiger partial charge in [-0.05, 0) is 11.5 Å². The lowest BCUT2D eigenvalue weighted by Gasteiger charge is -2.17. The van der Waals surface area contributed by atoms with Gasteiger partial charge in [-0.25, -0.2) is 0 Å². The normalized spacial score (nSPS) is 20.4. The molecule has 3 heteroatoms. The van der Waals surface area contributed by atoms with E-state index in [0.717, 1.165) is 5.56 Å². The molecule has 1 saturated heterocycles. The van der Waals surface area contributed by atoms with Crippen molar-refractivity contribution in [2.75, 3.05) is 6.54 Å². The van der Waals surface area contributed by atoms with Crippen LogP contribution in [-0.4, -0.2) is 23.3 Å². The summed E-state index contributed by atoms with van der Waals surface area (Å²) in [6, 6.07) is 9.54. The molecule has 0 aliphatic carbocycles. The zero-order valence-corrected chi connectivity index (χ0v) is 10.2. The number of hydrogen-bond donors (Lipinski definition) is 0. The van der Waals surface area contributed by atoms with Crippen LogP contribution in [0.5, 0.6) is 0 Å². The van der Waals surface area contributed by atoms with Crippen molar-refractivity contribution in [1.82, 2.24) is 4.90 Å². The van der Waals surface area contributed by atoms with Crippen LogP contribution in [0.25, 0.3) is 0 Å². The number of carbonyl (C=O) groups is 2. The molecule has 3 nitrogen and oxygen atoms in total. The highest BCUT2D eigenvalue weighted by Crippen LogP contribution is 2.29. The lowest BCUT2D eigenvalue weighted by atomic mass is 9.98. The van der Waals surface area contributed by atoms with Gasteiger partial charge in [0.2, 0.25) is 11.8 Å². The minimum absolute atomic E-state index is 0.0439. The van der Waals surface area contributed by atoms with Gasteiger partial charge >= 0.3 is 0 Å². The summed E-state index contributed by atoms with van der Waals surface area (Å²) < 4.78 is 0. The molecular formula is C14H17NO2. The maximum atomic E-state index is 12.2. The second kappa shape index (κ2) is 4.70. The monoisotopic (exact) mass is 231 g/mol. The summed E-state index contributed by atoms with van der Waals surface area (Å²) >= 11 is 0. The summed E-state index contributed by atoms with van der Waals surface area (Å²) in [4.78, 5) is 25.4. The smallest absolute Gasteiger partial charge is 0.237 e. The van der Waals surface area contributed by atoms with Gasteiger partial charge < -0.3 is 0 Å². The number of benzene rings is 1. The molecule has 1 atom stereocenters. The highest BCUT2D eigenvalue weighted by atomic mass is 16.2. The van der Waals surface area contributed by atoms with Gasteiger partial charge in [0.05, 0.1) is 5.92 Å². The van der Waals surface area contributed by atoms with Crippen molar-refractivity contribution in [1.29, 1.82) is 0 Å². The van der Waals surface area contributed by atoms with Gasteiger partial charge in [-0.2, -0.15) is 0 Å². The van der Waals surface area contributed by atoms with Crippen LogP contribution < -0.4 is 0 Å². The number of likely N-dealkylation sites (tertiary alicyclic amines) is 1. The molecule has 1 aromatic carbocycles. The number of hydrogen-bond acceptors (Lipinski definition) is 2. The molecule has 90 valence electrons. The van der Waals surface area contributed by atoms with Crippen LogP contribution in [0, 0.1) is 5.92 Å². The van der Waals surface area contributed by atoms with Crippen molar-refractivity contribution in [2.45, 2.75) is 26.2 Å². The molecule has 1 aliphatic heterocycles. The highest BCUT2D eigenvalue weighted by Gasteiger charge is 2.39. The second-order valence-corrected chi connectivity index (χ2v) is 4.90. The molecule has 0 N–H and O–H groups in total. The molecule has 2 rings (SSSR count). The third-order valence-electron chi connectivity index (χ3n) is 2.99.